The van der Waals surface area contributed by atoms with Crippen LogP contribution in [-0.4, -0.2) is 53.9 Å². The number of nitro benzene ring substituents is 1. The number of hydrogen-bond donors (Lipinski definition) is 1. The lowest BCUT2D eigenvalue weighted by molar-refractivity contribution is -0.384. The first-order chi connectivity index (χ1) is 12.2. The highest BCUT2D eigenvalue weighted by atomic mass is 19.4. The maximum Gasteiger partial charge on any atom is 0.416 e. The molecular formula is C15H15F3N4O4. The first-order valence-corrected chi connectivity index (χ1v) is 7.85. The van der Waals surface area contributed by atoms with Crippen LogP contribution in [0.1, 0.15) is 12.0 Å². The Balaban J connectivity index is 1.76. The van der Waals surface area contributed by atoms with Gasteiger partial charge in [0, 0.05) is 32.2 Å². The molecule has 1 atom stereocenters. The Hall–Kier alpha value is -2.69. The molecule has 8 nitrogen and oxygen atoms in total. The van der Waals surface area contributed by atoms with Gasteiger partial charge in [-0.1, -0.05) is 0 Å². The summed E-state index contributed by atoms with van der Waals surface area (Å²) in [6.45, 7) is 1.32. The number of nitrogens with zero attached hydrogens (tertiary/aromatic N) is 3. The van der Waals surface area contributed by atoms with Gasteiger partial charge in [-0.25, -0.2) is 0 Å². The lowest BCUT2D eigenvalue weighted by Crippen LogP contribution is -2.52. The molecule has 1 aromatic carbocycles. The summed E-state index contributed by atoms with van der Waals surface area (Å²) in [4.78, 5) is 36.8. The highest BCUT2D eigenvalue weighted by molar-refractivity contribution is 6.05. The van der Waals surface area contributed by atoms with E-state index in [1.54, 1.807) is 9.80 Å². The maximum atomic E-state index is 12.8. The third-order valence-electron chi connectivity index (χ3n) is 4.54. The highest BCUT2D eigenvalue weighted by Crippen LogP contribution is 2.36. The molecule has 0 spiro atoms. The second-order valence-electron chi connectivity index (χ2n) is 6.11. The number of anilines is 1. The van der Waals surface area contributed by atoms with Gasteiger partial charge >= 0.3 is 6.18 Å². The van der Waals surface area contributed by atoms with Crippen LogP contribution >= 0.6 is 0 Å². The van der Waals surface area contributed by atoms with Crippen LogP contribution in [0.2, 0.25) is 0 Å². The summed E-state index contributed by atoms with van der Waals surface area (Å²) in [5, 5.41) is 13.4. The van der Waals surface area contributed by atoms with Crippen molar-refractivity contribution in [3.63, 3.8) is 0 Å². The van der Waals surface area contributed by atoms with E-state index >= 15 is 0 Å². The van der Waals surface area contributed by atoms with Crippen LogP contribution in [-0.2, 0) is 15.8 Å². The fourth-order valence-electron chi connectivity index (χ4n) is 3.22. The number of carbonyl (C=O) groups excluding carboxylic acids is 2. The van der Waals surface area contributed by atoms with Crippen molar-refractivity contribution in [3.8, 4) is 0 Å². The first-order valence-electron chi connectivity index (χ1n) is 7.85. The summed E-state index contributed by atoms with van der Waals surface area (Å²) in [5.41, 5.74) is -1.58. The molecule has 3 rings (SSSR count). The Morgan fingerprint density at radius 3 is 2.31 bits per heavy atom. The van der Waals surface area contributed by atoms with Crippen molar-refractivity contribution in [2.45, 2.75) is 18.6 Å². The Morgan fingerprint density at radius 1 is 1.15 bits per heavy atom. The lowest BCUT2D eigenvalue weighted by Gasteiger charge is -2.37. The summed E-state index contributed by atoms with van der Waals surface area (Å²) in [6.07, 6.45) is -4.59. The number of halogens is 3. The molecular weight excluding hydrogens is 357 g/mol. The number of imide groups is 1. The zero-order valence-electron chi connectivity index (χ0n) is 13.5. The largest absolute Gasteiger partial charge is 0.416 e. The van der Waals surface area contributed by atoms with Gasteiger partial charge in [0.1, 0.15) is 5.69 Å². The zero-order chi connectivity index (χ0) is 19.1. The Bertz CT molecular complexity index is 760. The van der Waals surface area contributed by atoms with E-state index in [4.69, 9.17) is 0 Å². The third kappa shape index (κ3) is 3.47. The maximum absolute atomic E-state index is 12.8. The van der Waals surface area contributed by atoms with Crippen LogP contribution in [0.5, 0.6) is 0 Å². The smallest absolute Gasteiger partial charge is 0.363 e. The molecule has 0 radical (unpaired) electrons. The molecule has 1 aromatic rings. The Morgan fingerprint density at radius 2 is 1.81 bits per heavy atom. The van der Waals surface area contributed by atoms with Crippen molar-refractivity contribution in [1.82, 2.24) is 10.2 Å². The Kier molecular flexibility index (Phi) is 4.57. The fourth-order valence-corrected chi connectivity index (χ4v) is 3.22. The van der Waals surface area contributed by atoms with Gasteiger partial charge in [-0.05, 0) is 12.1 Å². The van der Waals surface area contributed by atoms with Crippen molar-refractivity contribution < 1.29 is 27.7 Å². The second kappa shape index (κ2) is 6.56. The number of benzene rings is 1. The minimum Gasteiger partial charge on any atom is -0.363 e. The lowest BCUT2D eigenvalue weighted by atomic mass is 10.1. The Labute approximate surface area is 145 Å². The predicted octanol–water partition coefficient (Wildman–Crippen LogP) is 1.15. The molecule has 2 aliphatic rings. The average molecular weight is 372 g/mol. The van der Waals surface area contributed by atoms with E-state index in [0.29, 0.717) is 32.2 Å². The molecule has 140 valence electrons. The average Bonchev–Trinajstić information content (AvgIpc) is 2.92. The molecule has 2 fully saturated rings. The van der Waals surface area contributed by atoms with Crippen LogP contribution in [0.25, 0.3) is 0 Å². The van der Waals surface area contributed by atoms with Crippen molar-refractivity contribution in [2.75, 3.05) is 31.1 Å². The molecule has 2 saturated heterocycles. The van der Waals surface area contributed by atoms with Gasteiger partial charge in [0.05, 0.1) is 22.9 Å². The molecule has 0 bridgehead atoms. The molecule has 0 saturated carbocycles. The molecule has 2 amide bonds. The van der Waals surface area contributed by atoms with E-state index in [1.807, 2.05) is 0 Å². The number of carbonyl (C=O) groups is 2. The van der Waals surface area contributed by atoms with Gasteiger partial charge in [-0.15, -0.1) is 0 Å². The quantitative estimate of drug-likeness (QED) is 0.486. The molecule has 11 heteroatoms. The summed E-state index contributed by atoms with van der Waals surface area (Å²) in [6, 6.07) is 1.89. The predicted molar refractivity (Wildman–Crippen MR) is 83.4 cm³/mol. The number of nitrogens with one attached hydrogen (secondary N) is 1. The van der Waals surface area contributed by atoms with Crippen molar-refractivity contribution in [1.29, 1.82) is 0 Å². The monoisotopic (exact) mass is 372 g/mol. The van der Waals surface area contributed by atoms with Crippen molar-refractivity contribution in [3.05, 3.63) is 33.9 Å². The highest BCUT2D eigenvalue weighted by Gasteiger charge is 2.38. The first kappa shape index (κ1) is 18.1. The summed E-state index contributed by atoms with van der Waals surface area (Å²) < 4.78 is 38.4. The van der Waals surface area contributed by atoms with Crippen LogP contribution in [0.4, 0.5) is 24.5 Å². The van der Waals surface area contributed by atoms with Crippen LogP contribution in [0.15, 0.2) is 18.2 Å². The molecule has 0 aromatic heterocycles. The van der Waals surface area contributed by atoms with Crippen molar-refractivity contribution in [2.24, 2.45) is 0 Å². The molecule has 0 aliphatic carbocycles. The number of amides is 2. The fraction of sp³-hybridized carbons (Fsp3) is 0.467. The van der Waals surface area contributed by atoms with E-state index in [9.17, 15) is 32.9 Å². The number of nitro groups is 1. The molecule has 1 N–H and O–H groups in total. The van der Waals surface area contributed by atoms with E-state index in [0.717, 1.165) is 12.1 Å². The third-order valence-corrected chi connectivity index (χ3v) is 4.54. The number of hydrogen-bond acceptors (Lipinski definition) is 6. The minimum atomic E-state index is -4.66. The van der Waals surface area contributed by atoms with Crippen molar-refractivity contribution >= 4 is 23.2 Å². The van der Waals surface area contributed by atoms with E-state index < -0.39 is 28.4 Å². The minimum absolute atomic E-state index is 0.0687. The van der Waals surface area contributed by atoms with Gasteiger partial charge in [-0.3, -0.25) is 29.9 Å². The summed E-state index contributed by atoms with van der Waals surface area (Å²) in [5.74, 6) is -0.718. The van der Waals surface area contributed by atoms with E-state index in [1.165, 1.54) is 0 Å². The molecule has 26 heavy (non-hydrogen) atoms. The van der Waals surface area contributed by atoms with Gasteiger partial charge < -0.3 is 4.90 Å². The number of alkyl halides is 3. The van der Waals surface area contributed by atoms with Crippen LogP contribution in [0, 0.1) is 10.1 Å². The standard InChI is InChI=1S/C15H15F3N4O4/c16-15(17,18)9-1-2-10(11(7-9)22(25)26)20-3-5-21(6-4-20)12-8-13(23)19-14(12)24/h1-2,7,12H,3-6,8H2,(H,19,23,24)/t12-/m1/s1. The van der Waals surface area contributed by atoms with Crippen LogP contribution in [0.3, 0.4) is 0 Å². The summed E-state index contributed by atoms with van der Waals surface area (Å²) in [7, 11) is 0. The second-order valence-corrected chi connectivity index (χ2v) is 6.11. The van der Waals surface area contributed by atoms with Gasteiger partial charge in [-0.2, -0.15) is 13.2 Å². The zero-order valence-corrected chi connectivity index (χ0v) is 13.5. The summed E-state index contributed by atoms with van der Waals surface area (Å²) >= 11 is 0. The van der Waals surface area contributed by atoms with Crippen LogP contribution < -0.4 is 10.2 Å². The number of piperazine rings is 1. The molecule has 0 unspecified atom stereocenters. The molecule has 2 heterocycles. The van der Waals surface area contributed by atoms with E-state index in [2.05, 4.69) is 5.32 Å². The topological polar surface area (TPSA) is 95.8 Å². The number of rotatable bonds is 3. The SMILES string of the molecule is O=C1C[C@@H](N2CCN(c3ccc(C(F)(F)F)cc3[N+](=O)[O-])CC2)C(=O)N1. The van der Waals surface area contributed by atoms with Gasteiger partial charge in [0.15, 0.2) is 0 Å². The molecule has 2 aliphatic heterocycles. The van der Waals surface area contributed by atoms with Gasteiger partial charge in [0.25, 0.3) is 5.69 Å². The normalized spacial score (nSPS) is 21.8. The van der Waals surface area contributed by atoms with Gasteiger partial charge in [0.2, 0.25) is 11.8 Å². The van der Waals surface area contributed by atoms with E-state index in [-0.39, 0.29) is 23.9 Å².